The molecule has 6 nitrogen and oxygen atoms in total. The van der Waals surface area contributed by atoms with Crippen LogP contribution in [-0.4, -0.2) is 50.6 Å². The van der Waals surface area contributed by atoms with Gasteiger partial charge in [-0.2, -0.15) is 0 Å². The van der Waals surface area contributed by atoms with Crippen LogP contribution in [0.5, 0.6) is 5.75 Å². The number of ether oxygens (including phenoxy) is 2. The summed E-state index contributed by atoms with van der Waals surface area (Å²) in [6, 6.07) is 6.23. The summed E-state index contributed by atoms with van der Waals surface area (Å²) in [6.07, 6.45) is 3.76. The van der Waals surface area contributed by atoms with Crippen molar-refractivity contribution in [3.05, 3.63) is 29.3 Å². The van der Waals surface area contributed by atoms with Crippen molar-refractivity contribution in [2.45, 2.75) is 52.2 Å². The minimum Gasteiger partial charge on any atom is -0.493 e. The largest absolute Gasteiger partial charge is 0.493 e. The minimum absolute atomic E-state index is 0.190. The fourth-order valence-corrected chi connectivity index (χ4v) is 3.30. The van der Waals surface area contributed by atoms with Gasteiger partial charge in [-0.3, -0.25) is 0 Å². The lowest BCUT2D eigenvalue weighted by Gasteiger charge is -2.18. The van der Waals surface area contributed by atoms with E-state index in [0.29, 0.717) is 25.7 Å². The van der Waals surface area contributed by atoms with Crippen molar-refractivity contribution in [3.8, 4) is 5.75 Å². The minimum atomic E-state index is -0.190. The summed E-state index contributed by atoms with van der Waals surface area (Å²) in [6.45, 7) is 7.54. The summed E-state index contributed by atoms with van der Waals surface area (Å²) in [4.78, 5) is 4.71. The van der Waals surface area contributed by atoms with Crippen LogP contribution in [-0.2, 0) is 11.3 Å². The van der Waals surface area contributed by atoms with Gasteiger partial charge < -0.3 is 25.2 Å². The van der Waals surface area contributed by atoms with E-state index in [1.807, 2.05) is 0 Å². The molecule has 3 N–H and O–H groups in total. The maximum Gasteiger partial charge on any atom is 0.191 e. The first-order valence-electron chi connectivity index (χ1n) is 10.1. The molecular weight excluding hydrogens is 342 g/mol. The maximum absolute atomic E-state index is 10.00. The number of methoxy groups -OCH3 is 1. The van der Waals surface area contributed by atoms with Crippen LogP contribution in [0.3, 0.4) is 0 Å². The van der Waals surface area contributed by atoms with Crippen molar-refractivity contribution in [1.29, 1.82) is 0 Å². The Labute approximate surface area is 163 Å². The second-order valence-corrected chi connectivity index (χ2v) is 7.14. The van der Waals surface area contributed by atoms with E-state index in [-0.39, 0.29) is 6.10 Å². The number of aliphatic hydroxyl groups is 1. The summed E-state index contributed by atoms with van der Waals surface area (Å²) >= 11 is 0. The predicted octanol–water partition coefficient (Wildman–Crippen LogP) is 2.63. The Hall–Kier alpha value is -1.79. The summed E-state index contributed by atoms with van der Waals surface area (Å²) in [5.41, 5.74) is 2.24. The Kier molecular flexibility index (Phi) is 9.42. The van der Waals surface area contributed by atoms with Gasteiger partial charge in [-0.1, -0.05) is 18.6 Å². The van der Waals surface area contributed by atoms with Gasteiger partial charge in [0.2, 0.25) is 0 Å². The average molecular weight is 378 g/mol. The van der Waals surface area contributed by atoms with Gasteiger partial charge in [-0.05, 0) is 38.3 Å². The van der Waals surface area contributed by atoms with Crippen LogP contribution in [0.2, 0.25) is 0 Å². The molecule has 0 saturated heterocycles. The number of aryl methyl sites for hydroxylation is 1. The van der Waals surface area contributed by atoms with Crippen LogP contribution in [0.4, 0.5) is 0 Å². The first kappa shape index (κ1) is 21.5. The fraction of sp³-hybridized carbons (Fsp3) is 0.667. The molecule has 0 aliphatic heterocycles. The molecule has 0 bridgehead atoms. The van der Waals surface area contributed by atoms with Crippen molar-refractivity contribution in [2.75, 3.05) is 33.4 Å². The van der Waals surface area contributed by atoms with Crippen molar-refractivity contribution >= 4 is 5.96 Å². The lowest BCUT2D eigenvalue weighted by Crippen LogP contribution is -2.41. The van der Waals surface area contributed by atoms with Gasteiger partial charge >= 0.3 is 0 Å². The standard InChI is InChI=1S/C21H35N3O3/c1-4-22-21(23-14-17-7-5-8-19(17)25)24-15-18-10-9-16(2)13-20(18)27-12-6-11-26-3/h9-10,13,17,19,25H,4-8,11-12,14-15H2,1-3H3,(H2,22,23,24). The van der Waals surface area contributed by atoms with Crippen LogP contribution in [0.1, 0.15) is 43.7 Å². The summed E-state index contributed by atoms with van der Waals surface area (Å²) in [5, 5.41) is 16.7. The van der Waals surface area contributed by atoms with Crippen molar-refractivity contribution in [1.82, 2.24) is 10.6 Å². The number of hydrogen-bond donors (Lipinski definition) is 3. The average Bonchev–Trinajstić information content (AvgIpc) is 3.07. The third kappa shape index (κ3) is 7.39. The monoisotopic (exact) mass is 377 g/mol. The zero-order valence-electron chi connectivity index (χ0n) is 17.0. The maximum atomic E-state index is 10.00. The Bertz CT molecular complexity index is 592. The molecule has 0 radical (unpaired) electrons. The molecule has 2 unspecified atom stereocenters. The zero-order chi connectivity index (χ0) is 19.5. The second kappa shape index (κ2) is 11.8. The van der Waals surface area contributed by atoms with E-state index in [0.717, 1.165) is 56.0 Å². The highest BCUT2D eigenvalue weighted by atomic mass is 16.5. The molecule has 1 aromatic carbocycles. The smallest absolute Gasteiger partial charge is 0.191 e. The molecule has 1 saturated carbocycles. The number of nitrogens with zero attached hydrogens (tertiary/aromatic N) is 1. The van der Waals surface area contributed by atoms with Gasteiger partial charge in [0.1, 0.15) is 5.75 Å². The number of aliphatic imine (C=N–C) groups is 1. The Morgan fingerprint density at radius 2 is 2.11 bits per heavy atom. The lowest BCUT2D eigenvalue weighted by atomic mass is 10.1. The quantitative estimate of drug-likeness (QED) is 0.332. The molecule has 1 aromatic rings. The highest BCUT2D eigenvalue weighted by Crippen LogP contribution is 2.24. The molecule has 27 heavy (non-hydrogen) atoms. The van der Waals surface area contributed by atoms with Crippen molar-refractivity contribution in [2.24, 2.45) is 10.9 Å². The van der Waals surface area contributed by atoms with Crippen LogP contribution in [0, 0.1) is 12.8 Å². The van der Waals surface area contributed by atoms with E-state index in [9.17, 15) is 5.11 Å². The lowest BCUT2D eigenvalue weighted by molar-refractivity contribution is 0.134. The molecular formula is C21H35N3O3. The van der Waals surface area contributed by atoms with Gasteiger partial charge in [-0.25, -0.2) is 4.99 Å². The number of nitrogens with one attached hydrogen (secondary N) is 2. The van der Waals surface area contributed by atoms with Crippen LogP contribution in [0.15, 0.2) is 23.2 Å². The van der Waals surface area contributed by atoms with Gasteiger partial charge in [0.25, 0.3) is 0 Å². The van der Waals surface area contributed by atoms with E-state index in [2.05, 4.69) is 42.7 Å². The Balaban J connectivity index is 1.96. The van der Waals surface area contributed by atoms with Crippen LogP contribution < -0.4 is 15.4 Å². The summed E-state index contributed by atoms with van der Waals surface area (Å²) < 4.78 is 11.0. The van der Waals surface area contributed by atoms with Crippen molar-refractivity contribution < 1.29 is 14.6 Å². The highest BCUT2D eigenvalue weighted by Gasteiger charge is 2.24. The molecule has 0 aromatic heterocycles. The van der Waals surface area contributed by atoms with E-state index in [4.69, 9.17) is 14.5 Å². The van der Waals surface area contributed by atoms with Gasteiger partial charge in [-0.15, -0.1) is 0 Å². The topological polar surface area (TPSA) is 75.1 Å². The molecule has 1 aliphatic rings. The third-order valence-corrected chi connectivity index (χ3v) is 4.88. The number of guanidine groups is 1. The van der Waals surface area contributed by atoms with Crippen LogP contribution >= 0.6 is 0 Å². The second-order valence-electron chi connectivity index (χ2n) is 7.14. The fourth-order valence-electron chi connectivity index (χ4n) is 3.30. The first-order valence-corrected chi connectivity index (χ1v) is 10.1. The van der Waals surface area contributed by atoms with Gasteiger partial charge in [0.15, 0.2) is 5.96 Å². The Morgan fingerprint density at radius 3 is 2.81 bits per heavy atom. The van der Waals surface area contributed by atoms with E-state index < -0.39 is 0 Å². The first-order chi connectivity index (χ1) is 13.1. The molecule has 0 spiro atoms. The third-order valence-electron chi connectivity index (χ3n) is 4.88. The molecule has 2 rings (SSSR count). The Morgan fingerprint density at radius 1 is 1.26 bits per heavy atom. The molecule has 0 amide bonds. The molecule has 6 heteroatoms. The predicted molar refractivity (Wildman–Crippen MR) is 109 cm³/mol. The molecule has 1 aliphatic carbocycles. The van der Waals surface area contributed by atoms with Crippen molar-refractivity contribution in [3.63, 3.8) is 0 Å². The zero-order valence-corrected chi connectivity index (χ0v) is 17.0. The molecule has 2 atom stereocenters. The van der Waals surface area contributed by atoms with E-state index in [1.54, 1.807) is 7.11 Å². The molecule has 1 fully saturated rings. The normalized spacial score (nSPS) is 19.9. The number of hydrogen-bond acceptors (Lipinski definition) is 4. The van der Waals surface area contributed by atoms with E-state index >= 15 is 0 Å². The van der Waals surface area contributed by atoms with E-state index in [1.165, 1.54) is 5.56 Å². The molecule has 0 heterocycles. The molecule has 152 valence electrons. The summed E-state index contributed by atoms with van der Waals surface area (Å²) in [5.74, 6) is 1.98. The van der Waals surface area contributed by atoms with Gasteiger partial charge in [0.05, 0.1) is 19.3 Å². The number of rotatable bonds is 10. The number of benzene rings is 1. The number of aliphatic hydroxyl groups excluding tert-OH is 1. The SMILES string of the molecule is CCNC(=NCc1ccc(C)cc1OCCCOC)NCC1CCCC1O. The van der Waals surface area contributed by atoms with Crippen LogP contribution in [0.25, 0.3) is 0 Å². The van der Waals surface area contributed by atoms with Gasteiger partial charge in [0, 0.05) is 44.7 Å². The highest BCUT2D eigenvalue weighted by molar-refractivity contribution is 5.79. The summed E-state index contributed by atoms with van der Waals surface area (Å²) in [7, 11) is 1.70.